The maximum absolute atomic E-state index is 12.4. The number of carbonyl (C=O) groups excluding carboxylic acids is 1. The molecule has 2 heterocycles. The zero-order valence-corrected chi connectivity index (χ0v) is 15.7. The van der Waals surface area contributed by atoms with Gasteiger partial charge in [-0.25, -0.2) is 0 Å². The van der Waals surface area contributed by atoms with E-state index in [0.717, 1.165) is 31.6 Å². The van der Waals surface area contributed by atoms with Gasteiger partial charge in [0.05, 0.1) is 12.2 Å². The van der Waals surface area contributed by atoms with Gasteiger partial charge >= 0.3 is 6.18 Å². The first kappa shape index (κ1) is 21.0. The highest BCUT2D eigenvalue weighted by atomic mass is 19.4. The van der Waals surface area contributed by atoms with E-state index < -0.39 is 18.6 Å². The third-order valence-corrected chi connectivity index (χ3v) is 4.19. The van der Waals surface area contributed by atoms with Crippen molar-refractivity contribution in [1.29, 1.82) is 0 Å². The highest BCUT2D eigenvalue weighted by molar-refractivity contribution is 5.86. The van der Waals surface area contributed by atoms with E-state index in [1.165, 1.54) is 0 Å². The van der Waals surface area contributed by atoms with Gasteiger partial charge in [0.25, 0.3) is 0 Å². The Labute approximate surface area is 156 Å². The normalized spacial score (nSPS) is 16.5. The third kappa shape index (κ3) is 6.74. The van der Waals surface area contributed by atoms with Crippen LogP contribution in [0.15, 0.2) is 15.6 Å². The molecule has 1 N–H and O–H groups in total. The molecule has 27 heavy (non-hydrogen) atoms. The van der Waals surface area contributed by atoms with Crippen molar-refractivity contribution >= 4 is 11.9 Å². The molecule has 1 fully saturated rings. The smallest absolute Gasteiger partial charge is 0.361 e. The fraction of sp³-hybridized carbons (Fsp3) is 0.688. The van der Waals surface area contributed by atoms with Gasteiger partial charge in [-0.2, -0.15) is 13.2 Å². The van der Waals surface area contributed by atoms with Crippen molar-refractivity contribution in [3.8, 4) is 0 Å². The molecule has 0 aliphatic carbocycles. The quantitative estimate of drug-likeness (QED) is 0.589. The number of hydrogen-bond acceptors (Lipinski definition) is 5. The van der Waals surface area contributed by atoms with Gasteiger partial charge in [-0.1, -0.05) is 5.16 Å². The van der Waals surface area contributed by atoms with Crippen LogP contribution in [0.1, 0.15) is 11.5 Å². The predicted molar refractivity (Wildman–Crippen MR) is 93.1 cm³/mol. The van der Waals surface area contributed by atoms with E-state index in [4.69, 9.17) is 4.52 Å². The number of halogens is 3. The van der Waals surface area contributed by atoms with E-state index in [2.05, 4.69) is 20.4 Å². The molecule has 0 atom stereocenters. The first-order valence-electron chi connectivity index (χ1n) is 8.59. The minimum atomic E-state index is -4.41. The summed E-state index contributed by atoms with van der Waals surface area (Å²) in [5.41, 5.74) is 0.877. The van der Waals surface area contributed by atoms with E-state index in [-0.39, 0.29) is 6.54 Å². The highest BCUT2D eigenvalue weighted by Crippen LogP contribution is 2.15. The average Bonchev–Trinajstić information content (AvgIpc) is 3.00. The largest absolute Gasteiger partial charge is 0.406 e. The zero-order valence-electron chi connectivity index (χ0n) is 15.7. The summed E-state index contributed by atoms with van der Waals surface area (Å²) < 4.78 is 42.1. The molecule has 1 aromatic rings. The van der Waals surface area contributed by atoms with Gasteiger partial charge in [0.15, 0.2) is 5.96 Å². The maximum atomic E-state index is 12.4. The number of rotatable bonds is 5. The minimum absolute atomic E-state index is 0.238. The fourth-order valence-corrected chi connectivity index (χ4v) is 2.82. The topological polar surface area (TPSA) is 77.2 Å². The highest BCUT2D eigenvalue weighted by Gasteiger charge is 2.31. The second kappa shape index (κ2) is 9.07. The summed E-state index contributed by atoms with van der Waals surface area (Å²) >= 11 is 0. The Morgan fingerprint density at radius 2 is 2.04 bits per heavy atom. The van der Waals surface area contributed by atoms with Crippen molar-refractivity contribution in [3.05, 3.63) is 17.5 Å². The molecule has 0 spiro atoms. The second-order valence-corrected chi connectivity index (χ2v) is 6.46. The van der Waals surface area contributed by atoms with E-state index in [1.807, 2.05) is 17.9 Å². The number of carbonyl (C=O) groups is 1. The van der Waals surface area contributed by atoms with Crippen LogP contribution in [-0.4, -0.2) is 91.3 Å². The van der Waals surface area contributed by atoms with Gasteiger partial charge < -0.3 is 19.6 Å². The number of alkyl halides is 3. The van der Waals surface area contributed by atoms with Crippen LogP contribution in [0.4, 0.5) is 13.2 Å². The molecule has 11 heteroatoms. The third-order valence-electron chi connectivity index (χ3n) is 4.19. The summed E-state index contributed by atoms with van der Waals surface area (Å²) in [7, 11) is 2.71. The zero-order chi connectivity index (χ0) is 20.0. The van der Waals surface area contributed by atoms with Crippen LogP contribution in [0.5, 0.6) is 0 Å². The number of likely N-dealkylation sites (N-methyl/N-ethyl adjacent to an activating group) is 1. The lowest BCUT2D eigenvalue weighted by atomic mass is 10.3. The first-order valence-corrected chi connectivity index (χ1v) is 8.59. The Balaban J connectivity index is 1.77. The Kier molecular flexibility index (Phi) is 7.05. The van der Waals surface area contributed by atoms with Crippen molar-refractivity contribution in [2.75, 3.05) is 53.4 Å². The summed E-state index contributed by atoms with van der Waals surface area (Å²) in [5, 5.41) is 6.83. The monoisotopic (exact) mass is 390 g/mol. The molecule has 1 aromatic heterocycles. The van der Waals surface area contributed by atoms with Crippen LogP contribution in [0.25, 0.3) is 0 Å². The number of aromatic nitrogens is 1. The lowest BCUT2D eigenvalue weighted by Crippen LogP contribution is -2.53. The number of aryl methyl sites for hydroxylation is 1. The van der Waals surface area contributed by atoms with E-state index >= 15 is 0 Å². The van der Waals surface area contributed by atoms with Crippen molar-refractivity contribution < 1.29 is 22.5 Å². The van der Waals surface area contributed by atoms with Crippen molar-refractivity contribution in [1.82, 2.24) is 25.2 Å². The van der Waals surface area contributed by atoms with E-state index in [9.17, 15) is 18.0 Å². The van der Waals surface area contributed by atoms with Crippen LogP contribution in [0, 0.1) is 6.92 Å². The second-order valence-electron chi connectivity index (χ2n) is 6.46. The summed E-state index contributed by atoms with van der Waals surface area (Å²) in [6, 6.07) is 1.90. The Morgan fingerprint density at radius 1 is 1.37 bits per heavy atom. The molecule has 1 aliphatic rings. The van der Waals surface area contributed by atoms with Crippen LogP contribution in [0.3, 0.4) is 0 Å². The van der Waals surface area contributed by atoms with Crippen LogP contribution < -0.4 is 5.32 Å². The molecular weight excluding hydrogens is 365 g/mol. The van der Waals surface area contributed by atoms with Crippen molar-refractivity contribution in [2.24, 2.45) is 4.99 Å². The van der Waals surface area contributed by atoms with E-state index in [0.29, 0.717) is 30.5 Å². The van der Waals surface area contributed by atoms with E-state index in [1.54, 1.807) is 7.05 Å². The number of guanidine groups is 1. The Hall–Kier alpha value is -2.30. The van der Waals surface area contributed by atoms with Gasteiger partial charge in [-0.15, -0.1) is 0 Å². The molecular formula is C16H25F3N6O2. The van der Waals surface area contributed by atoms with Crippen LogP contribution in [-0.2, 0) is 11.3 Å². The predicted octanol–water partition coefficient (Wildman–Crippen LogP) is 0.697. The molecule has 8 nitrogen and oxygen atoms in total. The van der Waals surface area contributed by atoms with Gasteiger partial charge in [-0.3, -0.25) is 14.7 Å². The molecule has 2 rings (SSSR count). The Bertz CT molecular complexity index is 653. The Morgan fingerprint density at radius 3 is 2.56 bits per heavy atom. The molecule has 0 bridgehead atoms. The fourth-order valence-electron chi connectivity index (χ4n) is 2.82. The number of aliphatic imine (C=N–C) groups is 1. The summed E-state index contributed by atoms with van der Waals surface area (Å²) in [4.78, 5) is 20.8. The van der Waals surface area contributed by atoms with Crippen molar-refractivity contribution in [2.45, 2.75) is 19.6 Å². The SMILES string of the molecule is CN=C(NCC(=O)N(C)CC(F)(F)F)N1CCN(Cc2cc(C)on2)CC1. The van der Waals surface area contributed by atoms with Gasteiger partial charge in [0.1, 0.15) is 12.3 Å². The molecule has 0 unspecified atom stereocenters. The number of hydrogen-bond donors (Lipinski definition) is 1. The van der Waals surface area contributed by atoms with Crippen LogP contribution >= 0.6 is 0 Å². The minimum Gasteiger partial charge on any atom is -0.361 e. The number of nitrogens with zero attached hydrogens (tertiary/aromatic N) is 5. The molecule has 152 valence electrons. The summed E-state index contributed by atoms with van der Waals surface area (Å²) in [6.45, 7) is 3.94. The summed E-state index contributed by atoms with van der Waals surface area (Å²) in [6.07, 6.45) is -4.41. The first-order chi connectivity index (χ1) is 12.7. The number of piperazine rings is 1. The van der Waals surface area contributed by atoms with Gasteiger partial charge in [0.2, 0.25) is 5.91 Å². The average molecular weight is 390 g/mol. The number of amides is 1. The molecule has 1 amide bonds. The molecule has 0 aromatic carbocycles. The van der Waals surface area contributed by atoms with Crippen molar-refractivity contribution in [3.63, 3.8) is 0 Å². The van der Waals surface area contributed by atoms with Gasteiger partial charge in [0, 0.05) is 52.9 Å². The molecule has 0 saturated carbocycles. The lowest BCUT2D eigenvalue weighted by molar-refractivity contribution is -0.157. The molecule has 1 aliphatic heterocycles. The summed E-state index contributed by atoms with van der Waals surface area (Å²) in [5.74, 6) is 0.627. The molecule has 0 radical (unpaired) electrons. The lowest BCUT2D eigenvalue weighted by Gasteiger charge is -2.36. The van der Waals surface area contributed by atoms with Gasteiger partial charge in [-0.05, 0) is 6.92 Å². The van der Waals surface area contributed by atoms with Crippen LogP contribution in [0.2, 0.25) is 0 Å². The molecule has 1 saturated heterocycles. The standard InChI is InChI=1S/C16H25F3N6O2/c1-12-8-13(22-27-12)10-24-4-6-25(7-5-24)15(20-2)21-9-14(26)23(3)11-16(17,18)19/h8H,4-7,9-11H2,1-3H3,(H,20,21). The number of nitrogens with one attached hydrogen (secondary N) is 1. The maximum Gasteiger partial charge on any atom is 0.406 e.